The predicted octanol–water partition coefficient (Wildman–Crippen LogP) is 1.42. The first-order chi connectivity index (χ1) is 9.27. The van der Waals surface area contributed by atoms with E-state index in [0.717, 1.165) is 32.6 Å². The number of piperazine rings is 1. The first kappa shape index (κ1) is 14.5. The summed E-state index contributed by atoms with van der Waals surface area (Å²) in [4.78, 5) is 2.57. The summed E-state index contributed by atoms with van der Waals surface area (Å²) in [6.45, 7) is 11.3. The molecule has 0 aromatic heterocycles. The lowest BCUT2D eigenvalue weighted by molar-refractivity contribution is 0.181. The zero-order chi connectivity index (χ0) is 13.5. The minimum Gasteiger partial charge on any atom is -0.315 e. The SMILES string of the molecule is Cc1ccccc1CCNCC(C)N1CCNCC1. The van der Waals surface area contributed by atoms with E-state index >= 15 is 0 Å². The molecular formula is C16H27N3. The summed E-state index contributed by atoms with van der Waals surface area (Å²) in [7, 11) is 0. The van der Waals surface area contributed by atoms with Gasteiger partial charge >= 0.3 is 0 Å². The highest BCUT2D eigenvalue weighted by molar-refractivity contribution is 5.25. The third kappa shape index (κ3) is 4.60. The summed E-state index contributed by atoms with van der Waals surface area (Å²) < 4.78 is 0. The summed E-state index contributed by atoms with van der Waals surface area (Å²) in [5.74, 6) is 0. The van der Waals surface area contributed by atoms with Crippen LogP contribution >= 0.6 is 0 Å². The fourth-order valence-corrected chi connectivity index (χ4v) is 2.68. The molecule has 0 radical (unpaired) electrons. The first-order valence-corrected chi connectivity index (χ1v) is 7.47. The number of nitrogens with zero attached hydrogens (tertiary/aromatic N) is 1. The van der Waals surface area contributed by atoms with E-state index in [1.54, 1.807) is 0 Å². The maximum Gasteiger partial charge on any atom is 0.0193 e. The van der Waals surface area contributed by atoms with Crippen LogP contribution in [0.2, 0.25) is 0 Å². The van der Waals surface area contributed by atoms with Crippen molar-refractivity contribution in [3.8, 4) is 0 Å². The monoisotopic (exact) mass is 261 g/mol. The summed E-state index contributed by atoms with van der Waals surface area (Å²) in [6, 6.07) is 9.30. The number of hydrogen-bond acceptors (Lipinski definition) is 3. The van der Waals surface area contributed by atoms with Crippen LogP contribution in [0.5, 0.6) is 0 Å². The molecule has 0 bridgehead atoms. The molecule has 2 rings (SSSR count). The molecule has 0 saturated carbocycles. The number of rotatable bonds is 6. The van der Waals surface area contributed by atoms with Crippen molar-refractivity contribution >= 4 is 0 Å². The van der Waals surface area contributed by atoms with Gasteiger partial charge in [-0.1, -0.05) is 24.3 Å². The Balaban J connectivity index is 1.65. The molecule has 1 unspecified atom stereocenters. The van der Waals surface area contributed by atoms with Crippen LogP contribution < -0.4 is 10.6 Å². The zero-order valence-corrected chi connectivity index (χ0v) is 12.3. The van der Waals surface area contributed by atoms with Gasteiger partial charge in [0.2, 0.25) is 0 Å². The molecule has 1 atom stereocenters. The van der Waals surface area contributed by atoms with Crippen LogP contribution in [0.15, 0.2) is 24.3 Å². The van der Waals surface area contributed by atoms with Crippen LogP contribution in [0.25, 0.3) is 0 Å². The Morgan fingerprint density at radius 1 is 1.26 bits per heavy atom. The topological polar surface area (TPSA) is 27.3 Å². The lowest BCUT2D eigenvalue weighted by Crippen LogP contribution is -2.50. The Hall–Kier alpha value is -0.900. The van der Waals surface area contributed by atoms with Crippen LogP contribution in [-0.4, -0.2) is 50.2 Å². The third-order valence-corrected chi connectivity index (χ3v) is 4.05. The predicted molar refractivity (Wildman–Crippen MR) is 81.7 cm³/mol. The molecule has 1 aliphatic heterocycles. The van der Waals surface area contributed by atoms with Gasteiger partial charge in [-0.3, -0.25) is 4.90 Å². The van der Waals surface area contributed by atoms with Gasteiger partial charge in [0.15, 0.2) is 0 Å². The molecule has 2 N–H and O–H groups in total. The number of nitrogens with one attached hydrogen (secondary N) is 2. The van der Waals surface area contributed by atoms with Crippen molar-refractivity contribution in [3.63, 3.8) is 0 Å². The van der Waals surface area contributed by atoms with Crippen molar-refractivity contribution in [1.82, 2.24) is 15.5 Å². The van der Waals surface area contributed by atoms with E-state index in [4.69, 9.17) is 0 Å². The smallest absolute Gasteiger partial charge is 0.0193 e. The fraction of sp³-hybridized carbons (Fsp3) is 0.625. The molecule has 0 amide bonds. The van der Waals surface area contributed by atoms with Crippen LogP contribution in [0, 0.1) is 6.92 Å². The van der Waals surface area contributed by atoms with Crippen molar-refractivity contribution in [1.29, 1.82) is 0 Å². The highest BCUT2D eigenvalue weighted by atomic mass is 15.2. The number of hydrogen-bond donors (Lipinski definition) is 2. The van der Waals surface area contributed by atoms with Crippen LogP contribution in [-0.2, 0) is 6.42 Å². The van der Waals surface area contributed by atoms with E-state index in [-0.39, 0.29) is 0 Å². The quantitative estimate of drug-likeness (QED) is 0.759. The Kier molecular flexibility index (Phi) is 5.83. The third-order valence-electron chi connectivity index (χ3n) is 4.05. The second-order valence-corrected chi connectivity index (χ2v) is 5.52. The van der Waals surface area contributed by atoms with Crippen LogP contribution in [0.3, 0.4) is 0 Å². The average Bonchev–Trinajstić information content (AvgIpc) is 2.46. The number of benzene rings is 1. The lowest BCUT2D eigenvalue weighted by atomic mass is 10.1. The fourth-order valence-electron chi connectivity index (χ4n) is 2.68. The van der Waals surface area contributed by atoms with Crippen molar-refractivity contribution in [2.24, 2.45) is 0 Å². The van der Waals surface area contributed by atoms with Crippen LogP contribution in [0.1, 0.15) is 18.1 Å². The van der Waals surface area contributed by atoms with Gasteiger partial charge in [-0.05, 0) is 37.9 Å². The molecule has 19 heavy (non-hydrogen) atoms. The lowest BCUT2D eigenvalue weighted by Gasteiger charge is -2.32. The van der Waals surface area contributed by atoms with Gasteiger partial charge in [-0.2, -0.15) is 0 Å². The molecule has 1 aliphatic rings. The Labute approximate surface area is 117 Å². The van der Waals surface area contributed by atoms with E-state index in [1.165, 1.54) is 24.2 Å². The van der Waals surface area contributed by atoms with Gasteiger partial charge in [0.25, 0.3) is 0 Å². The highest BCUT2D eigenvalue weighted by Gasteiger charge is 2.15. The van der Waals surface area contributed by atoms with Gasteiger partial charge in [0.05, 0.1) is 0 Å². The molecule has 3 nitrogen and oxygen atoms in total. The molecule has 1 aromatic carbocycles. The van der Waals surface area contributed by atoms with E-state index in [1.807, 2.05) is 0 Å². The first-order valence-electron chi connectivity index (χ1n) is 7.47. The minimum atomic E-state index is 0.638. The second-order valence-electron chi connectivity index (χ2n) is 5.52. The van der Waals surface area contributed by atoms with Gasteiger partial charge in [-0.25, -0.2) is 0 Å². The largest absolute Gasteiger partial charge is 0.315 e. The molecule has 0 aliphatic carbocycles. The summed E-state index contributed by atoms with van der Waals surface area (Å²) in [5.41, 5.74) is 2.87. The molecule has 1 heterocycles. The molecule has 1 fully saturated rings. The van der Waals surface area contributed by atoms with Gasteiger partial charge < -0.3 is 10.6 Å². The Bertz CT molecular complexity index is 372. The van der Waals surface area contributed by atoms with Crippen molar-refractivity contribution in [2.75, 3.05) is 39.3 Å². The maximum absolute atomic E-state index is 3.60. The number of aryl methyl sites for hydroxylation is 1. The van der Waals surface area contributed by atoms with Gasteiger partial charge in [0.1, 0.15) is 0 Å². The summed E-state index contributed by atoms with van der Waals surface area (Å²) >= 11 is 0. The van der Waals surface area contributed by atoms with E-state index in [0.29, 0.717) is 6.04 Å². The zero-order valence-electron chi connectivity index (χ0n) is 12.3. The van der Waals surface area contributed by atoms with Gasteiger partial charge in [0, 0.05) is 38.8 Å². The molecular weight excluding hydrogens is 234 g/mol. The average molecular weight is 261 g/mol. The standard InChI is InChI=1S/C16H27N3/c1-14-5-3-4-6-16(14)7-8-18-13-15(2)19-11-9-17-10-12-19/h3-6,15,17-18H,7-13H2,1-2H3. The molecule has 1 aromatic rings. The van der Waals surface area contributed by atoms with Crippen molar-refractivity contribution in [2.45, 2.75) is 26.3 Å². The van der Waals surface area contributed by atoms with Crippen molar-refractivity contribution in [3.05, 3.63) is 35.4 Å². The van der Waals surface area contributed by atoms with Crippen LogP contribution in [0.4, 0.5) is 0 Å². The minimum absolute atomic E-state index is 0.638. The molecule has 3 heteroatoms. The Morgan fingerprint density at radius 3 is 2.74 bits per heavy atom. The second kappa shape index (κ2) is 7.63. The normalized spacial score (nSPS) is 18.4. The molecule has 1 saturated heterocycles. The Morgan fingerprint density at radius 2 is 2.00 bits per heavy atom. The molecule has 0 spiro atoms. The van der Waals surface area contributed by atoms with Crippen molar-refractivity contribution < 1.29 is 0 Å². The highest BCUT2D eigenvalue weighted by Crippen LogP contribution is 2.07. The summed E-state index contributed by atoms with van der Waals surface area (Å²) in [5, 5.41) is 7.00. The molecule has 106 valence electrons. The van der Waals surface area contributed by atoms with E-state index in [9.17, 15) is 0 Å². The van der Waals surface area contributed by atoms with Gasteiger partial charge in [-0.15, -0.1) is 0 Å². The maximum atomic E-state index is 3.60. The summed E-state index contributed by atoms with van der Waals surface area (Å²) in [6.07, 6.45) is 1.13. The van der Waals surface area contributed by atoms with E-state index in [2.05, 4.69) is 53.6 Å². The van der Waals surface area contributed by atoms with E-state index < -0.39 is 0 Å².